The fourth-order valence-electron chi connectivity index (χ4n) is 5.54. The number of nitrogens with one attached hydrogen (secondary N) is 2. The van der Waals surface area contributed by atoms with Gasteiger partial charge in [-0.05, 0) is 56.3 Å². The first-order valence-corrected chi connectivity index (χ1v) is 10.5. The number of likely N-dealkylation sites (tertiary alicyclic amines) is 1. The minimum Gasteiger partial charge on any atom is -0.353 e. The van der Waals surface area contributed by atoms with E-state index in [2.05, 4.69) is 15.5 Å². The Morgan fingerprint density at radius 3 is 2.20 bits per heavy atom. The Morgan fingerprint density at radius 2 is 1.56 bits per heavy atom. The highest BCUT2D eigenvalue weighted by Gasteiger charge is 2.40. The van der Waals surface area contributed by atoms with Crippen LogP contribution in [0.15, 0.2) is 0 Å². The second-order valence-corrected chi connectivity index (χ2v) is 8.89. The van der Waals surface area contributed by atoms with Crippen LogP contribution >= 0.6 is 0 Å². The van der Waals surface area contributed by atoms with Crippen LogP contribution in [0.4, 0.5) is 0 Å². The van der Waals surface area contributed by atoms with Gasteiger partial charge in [-0.25, -0.2) is 0 Å². The smallest absolute Gasteiger partial charge is 0.225 e. The number of carbonyl (C=O) groups is 2. The third-order valence-electron chi connectivity index (χ3n) is 7.09. The van der Waals surface area contributed by atoms with Crippen molar-refractivity contribution in [3.63, 3.8) is 0 Å². The second kappa shape index (κ2) is 7.65. The zero-order valence-corrected chi connectivity index (χ0v) is 15.3. The predicted molar refractivity (Wildman–Crippen MR) is 96.9 cm³/mol. The minimum atomic E-state index is 0.190. The normalized spacial score (nSPS) is 35.8. The van der Waals surface area contributed by atoms with Crippen molar-refractivity contribution in [2.24, 2.45) is 23.7 Å². The molecule has 4 rings (SSSR count). The van der Waals surface area contributed by atoms with Crippen molar-refractivity contribution in [2.45, 2.75) is 63.8 Å². The molecule has 2 aliphatic heterocycles. The number of hydrogen-bond acceptors (Lipinski definition) is 3. The monoisotopic (exact) mass is 347 g/mol. The predicted octanol–water partition coefficient (Wildman–Crippen LogP) is 1.92. The molecule has 2 saturated heterocycles. The van der Waals surface area contributed by atoms with Gasteiger partial charge in [-0.3, -0.25) is 9.59 Å². The summed E-state index contributed by atoms with van der Waals surface area (Å²) in [5.41, 5.74) is 0. The lowest BCUT2D eigenvalue weighted by atomic mass is 9.85. The first-order chi connectivity index (χ1) is 12.2. The SMILES string of the molecule is O=C(CC1CCCC1)NC1CCC(C(=O)N2C[C@H]3CNC[C@H]3C2)CC1. The summed E-state index contributed by atoms with van der Waals surface area (Å²) in [6, 6.07) is 0.292. The molecule has 25 heavy (non-hydrogen) atoms. The zero-order valence-electron chi connectivity index (χ0n) is 15.3. The number of amides is 2. The largest absolute Gasteiger partial charge is 0.353 e. The standard InChI is InChI=1S/C20H33N3O2/c24-19(9-14-3-1-2-4-14)22-18-7-5-15(6-8-18)20(25)23-12-16-10-21-11-17(16)13-23/h14-18,21H,1-13H2,(H,22,24)/t15?,16-,17+,18?. The summed E-state index contributed by atoms with van der Waals surface area (Å²) in [5.74, 6) is 2.77. The molecule has 0 aromatic carbocycles. The minimum absolute atomic E-state index is 0.190. The molecule has 2 atom stereocenters. The van der Waals surface area contributed by atoms with E-state index in [4.69, 9.17) is 0 Å². The zero-order chi connectivity index (χ0) is 17.2. The lowest BCUT2D eigenvalue weighted by Gasteiger charge is -2.31. The van der Waals surface area contributed by atoms with Crippen molar-refractivity contribution < 1.29 is 9.59 Å². The molecule has 0 aromatic rings. The van der Waals surface area contributed by atoms with Crippen molar-refractivity contribution in [2.75, 3.05) is 26.2 Å². The van der Waals surface area contributed by atoms with Gasteiger partial charge in [0.25, 0.3) is 0 Å². The molecule has 2 saturated carbocycles. The molecule has 4 fully saturated rings. The summed E-state index contributed by atoms with van der Waals surface area (Å²) in [7, 11) is 0. The van der Waals surface area contributed by atoms with E-state index in [0.29, 0.717) is 36.1 Å². The molecule has 140 valence electrons. The van der Waals surface area contributed by atoms with Gasteiger partial charge in [0, 0.05) is 44.6 Å². The number of fused-ring (bicyclic) bond motifs is 1. The second-order valence-electron chi connectivity index (χ2n) is 8.89. The first kappa shape index (κ1) is 17.3. The Hall–Kier alpha value is -1.10. The van der Waals surface area contributed by atoms with Crippen LogP contribution in [0, 0.1) is 23.7 Å². The van der Waals surface area contributed by atoms with Gasteiger partial charge >= 0.3 is 0 Å². The highest BCUT2D eigenvalue weighted by molar-refractivity contribution is 5.79. The Bertz CT molecular complexity index is 483. The van der Waals surface area contributed by atoms with E-state index < -0.39 is 0 Å². The first-order valence-electron chi connectivity index (χ1n) is 10.5. The molecule has 0 spiro atoms. The summed E-state index contributed by atoms with van der Waals surface area (Å²) in [6.07, 6.45) is 9.56. The molecule has 0 bridgehead atoms. The van der Waals surface area contributed by atoms with Crippen molar-refractivity contribution in [3.05, 3.63) is 0 Å². The summed E-state index contributed by atoms with van der Waals surface area (Å²) in [6.45, 7) is 4.06. The van der Waals surface area contributed by atoms with Gasteiger partial charge < -0.3 is 15.5 Å². The fourth-order valence-corrected chi connectivity index (χ4v) is 5.54. The molecule has 5 heteroatoms. The molecule has 0 unspecified atom stereocenters. The maximum absolute atomic E-state index is 12.8. The highest BCUT2D eigenvalue weighted by Crippen LogP contribution is 2.32. The Balaban J connectivity index is 1.19. The topological polar surface area (TPSA) is 61.4 Å². The Kier molecular flexibility index (Phi) is 5.30. The summed E-state index contributed by atoms with van der Waals surface area (Å²) in [4.78, 5) is 27.1. The van der Waals surface area contributed by atoms with Crippen molar-refractivity contribution in [1.29, 1.82) is 0 Å². The third kappa shape index (κ3) is 4.02. The number of carbonyl (C=O) groups excluding carboxylic acids is 2. The van der Waals surface area contributed by atoms with Crippen LogP contribution in [0.2, 0.25) is 0 Å². The van der Waals surface area contributed by atoms with E-state index in [0.717, 1.165) is 51.9 Å². The van der Waals surface area contributed by atoms with Crippen LogP contribution in [0.1, 0.15) is 57.8 Å². The van der Waals surface area contributed by atoms with Gasteiger partial charge in [0.1, 0.15) is 0 Å². The molecular formula is C20H33N3O2. The Labute approximate surface area is 151 Å². The summed E-state index contributed by atoms with van der Waals surface area (Å²) in [5, 5.41) is 6.67. The molecule has 2 amide bonds. The number of hydrogen-bond donors (Lipinski definition) is 2. The molecular weight excluding hydrogens is 314 g/mol. The molecule has 2 heterocycles. The third-order valence-corrected chi connectivity index (χ3v) is 7.09. The molecule has 2 aliphatic carbocycles. The number of nitrogens with zero attached hydrogens (tertiary/aromatic N) is 1. The molecule has 2 N–H and O–H groups in total. The fraction of sp³-hybridized carbons (Fsp3) is 0.900. The van der Waals surface area contributed by atoms with Crippen LogP contribution in [-0.4, -0.2) is 48.9 Å². The van der Waals surface area contributed by atoms with Gasteiger partial charge in [0.2, 0.25) is 11.8 Å². The average Bonchev–Trinajstić information content (AvgIpc) is 3.31. The molecule has 5 nitrogen and oxygen atoms in total. The lowest BCUT2D eigenvalue weighted by molar-refractivity contribution is -0.135. The molecule has 0 aromatic heterocycles. The average molecular weight is 348 g/mol. The van der Waals surface area contributed by atoms with Gasteiger partial charge in [-0.2, -0.15) is 0 Å². The van der Waals surface area contributed by atoms with E-state index in [1.165, 1.54) is 25.7 Å². The van der Waals surface area contributed by atoms with Crippen LogP contribution < -0.4 is 10.6 Å². The van der Waals surface area contributed by atoms with E-state index >= 15 is 0 Å². The lowest BCUT2D eigenvalue weighted by Crippen LogP contribution is -2.42. The van der Waals surface area contributed by atoms with E-state index in [1.807, 2.05) is 0 Å². The van der Waals surface area contributed by atoms with Gasteiger partial charge in [0.15, 0.2) is 0 Å². The van der Waals surface area contributed by atoms with Gasteiger partial charge in [-0.15, -0.1) is 0 Å². The van der Waals surface area contributed by atoms with Crippen molar-refractivity contribution >= 4 is 11.8 Å². The van der Waals surface area contributed by atoms with Crippen molar-refractivity contribution in [3.8, 4) is 0 Å². The maximum Gasteiger partial charge on any atom is 0.225 e. The summed E-state index contributed by atoms with van der Waals surface area (Å²) >= 11 is 0. The molecule has 4 aliphatic rings. The van der Waals surface area contributed by atoms with Crippen molar-refractivity contribution in [1.82, 2.24) is 15.5 Å². The summed E-state index contributed by atoms with van der Waals surface area (Å²) < 4.78 is 0. The molecule has 0 radical (unpaired) electrons. The number of rotatable bonds is 4. The van der Waals surface area contributed by atoms with Crippen LogP contribution in [0.25, 0.3) is 0 Å². The van der Waals surface area contributed by atoms with Crippen LogP contribution in [0.3, 0.4) is 0 Å². The Morgan fingerprint density at radius 1 is 0.920 bits per heavy atom. The van der Waals surface area contributed by atoms with Gasteiger partial charge in [-0.1, -0.05) is 12.8 Å². The van der Waals surface area contributed by atoms with Crippen LogP contribution in [0.5, 0.6) is 0 Å². The van der Waals surface area contributed by atoms with E-state index in [-0.39, 0.29) is 11.8 Å². The van der Waals surface area contributed by atoms with Crippen LogP contribution in [-0.2, 0) is 9.59 Å². The quantitative estimate of drug-likeness (QED) is 0.817. The van der Waals surface area contributed by atoms with E-state index in [1.54, 1.807) is 0 Å². The van der Waals surface area contributed by atoms with Gasteiger partial charge in [0.05, 0.1) is 0 Å². The highest BCUT2D eigenvalue weighted by atomic mass is 16.2. The van der Waals surface area contributed by atoms with E-state index in [9.17, 15) is 9.59 Å². The maximum atomic E-state index is 12.8.